The van der Waals surface area contributed by atoms with E-state index in [-0.39, 0.29) is 12.4 Å². The van der Waals surface area contributed by atoms with Gasteiger partial charge in [0.2, 0.25) is 0 Å². The van der Waals surface area contributed by atoms with Crippen molar-refractivity contribution in [3.63, 3.8) is 0 Å². The van der Waals surface area contributed by atoms with Gasteiger partial charge in [-0.15, -0.1) is 0 Å². The van der Waals surface area contributed by atoms with Gasteiger partial charge in [0.05, 0.1) is 12.7 Å². The van der Waals surface area contributed by atoms with Crippen LogP contribution in [0.2, 0.25) is 0 Å². The van der Waals surface area contributed by atoms with Crippen LogP contribution in [0.4, 0.5) is 5.88 Å². The molecule has 1 unspecified atom stereocenters. The third-order valence-corrected chi connectivity index (χ3v) is 1.93. The maximum absolute atomic E-state index is 11.5. The van der Waals surface area contributed by atoms with E-state index in [1.807, 2.05) is 0 Å². The first-order chi connectivity index (χ1) is 8.45. The fraction of sp³-hybridized carbons (Fsp3) is 0.333. The number of ether oxygens (including phenoxy) is 1. The Morgan fingerprint density at radius 3 is 2.72 bits per heavy atom. The van der Waals surface area contributed by atoms with Gasteiger partial charge in [-0.3, -0.25) is 14.9 Å². The Kier molecular flexibility index (Phi) is 4.38. The number of aliphatic carboxylic acids is 1. The second-order valence-electron chi connectivity index (χ2n) is 3.21. The molecule has 1 heterocycles. The number of carboxylic acids is 1. The molecule has 1 amide bonds. The second kappa shape index (κ2) is 5.77. The van der Waals surface area contributed by atoms with E-state index in [1.54, 1.807) is 0 Å². The van der Waals surface area contributed by atoms with E-state index in [0.717, 1.165) is 12.1 Å². The number of carbonyl (C=O) groups is 2. The molecule has 9 nitrogen and oxygen atoms in total. The van der Waals surface area contributed by atoms with Gasteiger partial charge >= 0.3 is 11.9 Å². The second-order valence-corrected chi connectivity index (χ2v) is 3.21. The van der Waals surface area contributed by atoms with Crippen LogP contribution in [0.3, 0.4) is 0 Å². The molecule has 0 bridgehead atoms. The predicted molar refractivity (Wildman–Crippen MR) is 56.1 cm³/mol. The van der Waals surface area contributed by atoms with E-state index in [1.165, 1.54) is 7.11 Å². The molecule has 1 atom stereocenters. The van der Waals surface area contributed by atoms with Crippen LogP contribution in [-0.4, -0.2) is 41.7 Å². The van der Waals surface area contributed by atoms with Gasteiger partial charge in [-0.1, -0.05) is 0 Å². The minimum absolute atomic E-state index is 0.232. The molecule has 0 saturated carbocycles. The molecule has 1 rings (SSSR count). The fourth-order valence-corrected chi connectivity index (χ4v) is 1.12. The lowest BCUT2D eigenvalue weighted by molar-refractivity contribution is -0.402. The molecule has 0 aliphatic rings. The molecule has 1 aromatic rings. The highest BCUT2D eigenvalue weighted by Crippen LogP contribution is 2.15. The molecule has 0 aliphatic carbocycles. The Morgan fingerprint density at radius 2 is 2.28 bits per heavy atom. The summed E-state index contributed by atoms with van der Waals surface area (Å²) in [6.07, 6.45) is 0. The van der Waals surface area contributed by atoms with Crippen molar-refractivity contribution in [3.05, 3.63) is 28.0 Å². The number of nitro groups is 1. The number of rotatable bonds is 6. The lowest BCUT2D eigenvalue weighted by Gasteiger charge is -2.11. The first kappa shape index (κ1) is 13.6. The molecule has 0 aliphatic heterocycles. The van der Waals surface area contributed by atoms with Crippen LogP contribution >= 0.6 is 0 Å². The van der Waals surface area contributed by atoms with Crippen LogP contribution in [-0.2, 0) is 9.53 Å². The van der Waals surface area contributed by atoms with Gasteiger partial charge in [-0.2, -0.15) is 0 Å². The highest BCUT2D eigenvalue weighted by atomic mass is 16.6. The van der Waals surface area contributed by atoms with Crippen molar-refractivity contribution in [3.8, 4) is 0 Å². The predicted octanol–water partition coefficient (Wildman–Crippen LogP) is 0.0172. The van der Waals surface area contributed by atoms with Crippen molar-refractivity contribution in [2.75, 3.05) is 13.7 Å². The Morgan fingerprint density at radius 1 is 1.61 bits per heavy atom. The average Bonchev–Trinajstić information content (AvgIpc) is 2.77. The molecule has 0 aromatic carbocycles. The largest absolute Gasteiger partial charge is 0.480 e. The van der Waals surface area contributed by atoms with Crippen molar-refractivity contribution in [2.45, 2.75) is 6.04 Å². The van der Waals surface area contributed by atoms with Crippen LogP contribution in [0.5, 0.6) is 0 Å². The standard InChI is InChI=1S/C9H10N2O7/c1-17-4-5(9(13)14)10-8(12)6-2-3-7(18-6)11(15)16/h2-3,5H,4H2,1H3,(H,10,12)(H,13,14). The smallest absolute Gasteiger partial charge is 0.433 e. The van der Waals surface area contributed by atoms with Gasteiger partial charge in [0.25, 0.3) is 5.91 Å². The SMILES string of the molecule is COCC(NC(=O)c1ccc([N+](=O)[O-])o1)C(=O)O. The topological polar surface area (TPSA) is 132 Å². The molecule has 1 aromatic heterocycles. The monoisotopic (exact) mass is 258 g/mol. The summed E-state index contributed by atoms with van der Waals surface area (Å²) < 4.78 is 9.23. The van der Waals surface area contributed by atoms with E-state index < -0.39 is 28.7 Å². The van der Waals surface area contributed by atoms with E-state index in [2.05, 4.69) is 14.5 Å². The van der Waals surface area contributed by atoms with Crippen LogP contribution in [0.25, 0.3) is 0 Å². The number of amides is 1. The molecule has 9 heteroatoms. The third kappa shape index (κ3) is 3.28. The van der Waals surface area contributed by atoms with Crippen molar-refractivity contribution >= 4 is 17.8 Å². The fourth-order valence-electron chi connectivity index (χ4n) is 1.12. The summed E-state index contributed by atoms with van der Waals surface area (Å²) in [5.74, 6) is -3.10. The van der Waals surface area contributed by atoms with Crippen molar-refractivity contribution < 1.29 is 28.8 Å². The zero-order chi connectivity index (χ0) is 13.7. The summed E-state index contributed by atoms with van der Waals surface area (Å²) in [5, 5.41) is 21.2. The average molecular weight is 258 g/mol. The van der Waals surface area contributed by atoms with Crippen molar-refractivity contribution in [1.82, 2.24) is 5.32 Å². The number of nitrogens with one attached hydrogen (secondary N) is 1. The first-order valence-corrected chi connectivity index (χ1v) is 4.72. The molecule has 18 heavy (non-hydrogen) atoms. The number of carboxylic acid groups (broad SMARTS) is 1. The van der Waals surface area contributed by atoms with Crippen LogP contribution in [0.1, 0.15) is 10.6 Å². The van der Waals surface area contributed by atoms with Crippen LogP contribution in [0, 0.1) is 10.1 Å². The molecule has 2 N–H and O–H groups in total. The summed E-state index contributed by atoms with van der Waals surface area (Å²) in [7, 11) is 1.28. The Bertz CT molecular complexity index is 467. The number of methoxy groups -OCH3 is 1. The minimum atomic E-state index is -1.29. The number of hydrogen-bond acceptors (Lipinski definition) is 6. The quantitative estimate of drug-likeness (QED) is 0.542. The summed E-state index contributed by atoms with van der Waals surface area (Å²) in [6, 6.07) is 0.826. The maximum atomic E-state index is 11.5. The lowest BCUT2D eigenvalue weighted by Crippen LogP contribution is -2.43. The summed E-state index contributed by atoms with van der Waals surface area (Å²) in [4.78, 5) is 31.8. The van der Waals surface area contributed by atoms with E-state index in [4.69, 9.17) is 5.11 Å². The van der Waals surface area contributed by atoms with E-state index in [9.17, 15) is 19.7 Å². The molecular weight excluding hydrogens is 248 g/mol. The van der Waals surface area contributed by atoms with Gasteiger partial charge in [0.1, 0.15) is 4.92 Å². The molecule has 0 saturated heterocycles. The first-order valence-electron chi connectivity index (χ1n) is 4.72. The minimum Gasteiger partial charge on any atom is -0.480 e. The van der Waals surface area contributed by atoms with Gasteiger partial charge < -0.3 is 19.6 Å². The number of hydrogen-bond donors (Lipinski definition) is 2. The maximum Gasteiger partial charge on any atom is 0.433 e. The highest BCUT2D eigenvalue weighted by Gasteiger charge is 2.23. The Labute approximate surface area is 100 Å². The summed E-state index contributed by atoms with van der Waals surface area (Å²) >= 11 is 0. The van der Waals surface area contributed by atoms with Crippen LogP contribution < -0.4 is 5.32 Å². The molecule has 0 spiro atoms. The van der Waals surface area contributed by atoms with Gasteiger partial charge in [-0.05, 0) is 6.07 Å². The van der Waals surface area contributed by atoms with Gasteiger partial charge in [0.15, 0.2) is 11.8 Å². The zero-order valence-electron chi connectivity index (χ0n) is 9.28. The zero-order valence-corrected chi connectivity index (χ0v) is 9.28. The normalized spacial score (nSPS) is 11.8. The number of carbonyl (C=O) groups excluding carboxylic acids is 1. The van der Waals surface area contributed by atoms with Gasteiger partial charge in [0, 0.05) is 7.11 Å². The number of furan rings is 1. The summed E-state index contributed by atoms with van der Waals surface area (Å²) in [5.41, 5.74) is 0. The van der Waals surface area contributed by atoms with Gasteiger partial charge in [-0.25, -0.2) is 4.79 Å². The number of nitrogens with zero attached hydrogens (tertiary/aromatic N) is 1. The van der Waals surface area contributed by atoms with Crippen molar-refractivity contribution in [1.29, 1.82) is 0 Å². The lowest BCUT2D eigenvalue weighted by atomic mass is 10.3. The third-order valence-electron chi connectivity index (χ3n) is 1.93. The summed E-state index contributed by atoms with van der Waals surface area (Å²) in [6.45, 7) is -0.232. The molecule has 0 radical (unpaired) electrons. The van der Waals surface area contributed by atoms with E-state index >= 15 is 0 Å². The highest BCUT2D eigenvalue weighted by molar-refractivity contribution is 5.94. The Hall–Kier alpha value is -2.42. The molecule has 0 fully saturated rings. The Balaban J connectivity index is 2.74. The van der Waals surface area contributed by atoms with Crippen LogP contribution in [0.15, 0.2) is 16.5 Å². The molecular formula is C9H10N2O7. The van der Waals surface area contributed by atoms with Crippen molar-refractivity contribution in [2.24, 2.45) is 0 Å². The van der Waals surface area contributed by atoms with E-state index in [0.29, 0.717) is 0 Å². The molecule has 98 valence electrons.